The summed E-state index contributed by atoms with van der Waals surface area (Å²) in [6, 6.07) is -0.925. The molecule has 1 fully saturated rings. The number of hydrogen-bond donors (Lipinski definition) is 1. The smallest absolute Gasteiger partial charge is 0.328 e. The molecular weight excluding hydrogens is 238 g/mol. The molecule has 98 valence electrons. The van der Waals surface area contributed by atoms with E-state index in [9.17, 15) is 9.59 Å². The van der Waals surface area contributed by atoms with Gasteiger partial charge in [-0.15, -0.1) is 0 Å². The summed E-state index contributed by atoms with van der Waals surface area (Å²) in [5, 5.41) is 13.1. The van der Waals surface area contributed by atoms with Crippen LogP contribution in [0.5, 0.6) is 0 Å². The molecule has 0 saturated carbocycles. The molecule has 1 N–H and O–H groups in total. The maximum absolute atomic E-state index is 12.3. The van der Waals surface area contributed by atoms with E-state index in [1.165, 1.54) is 11.1 Å². The Bertz CT molecular complexity index is 483. The molecule has 7 nitrogen and oxygen atoms in total. The van der Waals surface area contributed by atoms with Gasteiger partial charge < -0.3 is 14.7 Å². The first-order chi connectivity index (χ1) is 8.52. The van der Waals surface area contributed by atoms with E-state index in [1.807, 2.05) is 0 Å². The number of aromatic nitrogens is 2. The zero-order chi connectivity index (χ0) is 13.3. The van der Waals surface area contributed by atoms with Crippen molar-refractivity contribution in [3.8, 4) is 0 Å². The molecule has 1 aliphatic heterocycles. The predicted molar refractivity (Wildman–Crippen MR) is 61.2 cm³/mol. The zero-order valence-corrected chi connectivity index (χ0v) is 10.3. The van der Waals surface area contributed by atoms with E-state index >= 15 is 0 Å². The van der Waals surface area contributed by atoms with Gasteiger partial charge >= 0.3 is 5.97 Å². The second kappa shape index (κ2) is 4.77. The van der Waals surface area contributed by atoms with Gasteiger partial charge in [0, 0.05) is 19.3 Å². The number of aryl methyl sites for hydroxylation is 1. The van der Waals surface area contributed by atoms with Crippen LogP contribution < -0.4 is 0 Å². The Balaban J connectivity index is 2.26. The van der Waals surface area contributed by atoms with E-state index in [4.69, 9.17) is 9.84 Å². The second-order valence-corrected chi connectivity index (χ2v) is 4.19. The van der Waals surface area contributed by atoms with E-state index in [0.717, 1.165) is 5.69 Å². The van der Waals surface area contributed by atoms with Crippen molar-refractivity contribution in [2.45, 2.75) is 13.0 Å². The summed E-state index contributed by atoms with van der Waals surface area (Å²) < 4.78 is 6.69. The second-order valence-electron chi connectivity index (χ2n) is 4.19. The van der Waals surface area contributed by atoms with Crippen LogP contribution in [-0.2, 0) is 16.6 Å². The zero-order valence-electron chi connectivity index (χ0n) is 10.3. The van der Waals surface area contributed by atoms with Crippen molar-refractivity contribution in [3.63, 3.8) is 0 Å². The molecule has 1 aliphatic rings. The Morgan fingerprint density at radius 2 is 2.28 bits per heavy atom. The van der Waals surface area contributed by atoms with Crippen LogP contribution in [0.15, 0.2) is 6.20 Å². The van der Waals surface area contributed by atoms with Crippen molar-refractivity contribution in [3.05, 3.63) is 17.5 Å². The summed E-state index contributed by atoms with van der Waals surface area (Å²) in [5.74, 6) is -1.36. The SMILES string of the molecule is Cc1c(C(=O)N2CCOCC2C(=O)O)cnn1C. The van der Waals surface area contributed by atoms with E-state index in [-0.39, 0.29) is 19.1 Å². The normalized spacial score (nSPS) is 19.9. The third-order valence-corrected chi connectivity index (χ3v) is 3.14. The van der Waals surface area contributed by atoms with Crippen molar-refractivity contribution in [2.75, 3.05) is 19.8 Å². The molecule has 7 heteroatoms. The van der Waals surface area contributed by atoms with Crippen LogP contribution >= 0.6 is 0 Å². The molecular formula is C11H15N3O4. The first-order valence-corrected chi connectivity index (χ1v) is 5.62. The van der Waals surface area contributed by atoms with Gasteiger partial charge in [-0.25, -0.2) is 4.79 Å². The van der Waals surface area contributed by atoms with Gasteiger partial charge in [-0.1, -0.05) is 0 Å². The quantitative estimate of drug-likeness (QED) is 0.779. The average Bonchev–Trinajstić information content (AvgIpc) is 2.69. The molecule has 0 spiro atoms. The number of ether oxygens (including phenoxy) is 1. The van der Waals surface area contributed by atoms with Crippen molar-refractivity contribution in [1.29, 1.82) is 0 Å². The van der Waals surface area contributed by atoms with Crippen LogP contribution in [0, 0.1) is 6.92 Å². The highest BCUT2D eigenvalue weighted by atomic mass is 16.5. The molecule has 2 rings (SSSR count). The first kappa shape index (κ1) is 12.6. The first-order valence-electron chi connectivity index (χ1n) is 5.62. The van der Waals surface area contributed by atoms with Crippen molar-refractivity contribution in [2.24, 2.45) is 7.05 Å². The standard InChI is InChI=1S/C11H15N3O4/c1-7-8(5-12-13(7)2)10(15)14-3-4-18-6-9(14)11(16)17/h5,9H,3-4,6H2,1-2H3,(H,16,17). The molecule has 2 heterocycles. The molecule has 0 aliphatic carbocycles. The molecule has 18 heavy (non-hydrogen) atoms. The fourth-order valence-electron chi connectivity index (χ4n) is 1.91. The minimum Gasteiger partial charge on any atom is -0.480 e. The van der Waals surface area contributed by atoms with Crippen LogP contribution in [0.3, 0.4) is 0 Å². The fourth-order valence-corrected chi connectivity index (χ4v) is 1.91. The minimum atomic E-state index is -1.05. The van der Waals surface area contributed by atoms with Crippen molar-refractivity contribution in [1.82, 2.24) is 14.7 Å². The maximum Gasteiger partial charge on any atom is 0.328 e. The molecule has 1 amide bonds. The van der Waals surface area contributed by atoms with Crippen molar-refractivity contribution < 1.29 is 19.4 Å². The number of carboxylic acid groups (broad SMARTS) is 1. The summed E-state index contributed by atoms with van der Waals surface area (Å²) in [6.45, 7) is 2.44. The van der Waals surface area contributed by atoms with E-state index in [1.54, 1.807) is 18.7 Å². The van der Waals surface area contributed by atoms with Gasteiger partial charge in [0.2, 0.25) is 0 Å². The summed E-state index contributed by atoms with van der Waals surface area (Å²) in [6.07, 6.45) is 1.46. The Labute approximate surface area is 104 Å². The number of morpholine rings is 1. The summed E-state index contributed by atoms with van der Waals surface area (Å²) in [7, 11) is 1.74. The molecule has 0 radical (unpaired) electrons. The summed E-state index contributed by atoms with van der Waals surface area (Å²) in [5.41, 5.74) is 1.15. The molecule has 1 aromatic heterocycles. The van der Waals surface area contributed by atoms with E-state index in [0.29, 0.717) is 12.2 Å². The number of hydrogen-bond acceptors (Lipinski definition) is 4. The molecule has 0 bridgehead atoms. The summed E-state index contributed by atoms with van der Waals surface area (Å²) in [4.78, 5) is 24.7. The van der Waals surface area contributed by atoms with E-state index < -0.39 is 12.0 Å². The number of aliphatic carboxylic acids is 1. The lowest BCUT2D eigenvalue weighted by Crippen LogP contribution is -2.52. The van der Waals surface area contributed by atoms with Crippen LogP contribution in [0.4, 0.5) is 0 Å². The molecule has 1 atom stereocenters. The van der Waals surface area contributed by atoms with Gasteiger partial charge in [0.25, 0.3) is 5.91 Å². The number of rotatable bonds is 2. The van der Waals surface area contributed by atoms with Gasteiger partial charge in [-0.05, 0) is 6.92 Å². The highest BCUT2D eigenvalue weighted by molar-refractivity contribution is 5.97. The number of carbonyl (C=O) groups excluding carboxylic acids is 1. The Kier molecular flexibility index (Phi) is 3.33. The van der Waals surface area contributed by atoms with E-state index in [2.05, 4.69) is 5.10 Å². The molecule has 1 saturated heterocycles. The van der Waals surface area contributed by atoms with Crippen LogP contribution in [-0.4, -0.2) is 57.5 Å². The monoisotopic (exact) mass is 253 g/mol. The van der Waals surface area contributed by atoms with Crippen LogP contribution in [0.1, 0.15) is 16.1 Å². The van der Waals surface area contributed by atoms with Crippen LogP contribution in [0.2, 0.25) is 0 Å². The highest BCUT2D eigenvalue weighted by Crippen LogP contribution is 2.15. The van der Waals surface area contributed by atoms with Gasteiger partial charge in [0.15, 0.2) is 6.04 Å². The number of carboxylic acids is 1. The highest BCUT2D eigenvalue weighted by Gasteiger charge is 2.34. The predicted octanol–water partition coefficient (Wildman–Crippen LogP) is -0.346. The third-order valence-electron chi connectivity index (χ3n) is 3.14. The Morgan fingerprint density at radius 1 is 1.56 bits per heavy atom. The average molecular weight is 253 g/mol. The molecule has 1 aromatic rings. The third kappa shape index (κ3) is 2.08. The van der Waals surface area contributed by atoms with Crippen LogP contribution in [0.25, 0.3) is 0 Å². The Morgan fingerprint density at radius 3 is 2.83 bits per heavy atom. The molecule has 1 unspecified atom stereocenters. The van der Waals surface area contributed by atoms with Gasteiger partial charge in [-0.3, -0.25) is 9.48 Å². The topological polar surface area (TPSA) is 84.7 Å². The van der Waals surface area contributed by atoms with Gasteiger partial charge in [-0.2, -0.15) is 5.10 Å². The van der Waals surface area contributed by atoms with Gasteiger partial charge in [0.05, 0.1) is 25.0 Å². The Hall–Kier alpha value is -1.89. The summed E-state index contributed by atoms with van der Waals surface area (Å²) >= 11 is 0. The maximum atomic E-state index is 12.3. The fraction of sp³-hybridized carbons (Fsp3) is 0.545. The lowest BCUT2D eigenvalue weighted by Gasteiger charge is -2.32. The van der Waals surface area contributed by atoms with Crippen molar-refractivity contribution >= 4 is 11.9 Å². The molecule has 0 aromatic carbocycles. The minimum absolute atomic E-state index is 0.0282. The number of amides is 1. The van der Waals surface area contributed by atoms with Gasteiger partial charge in [0.1, 0.15) is 0 Å². The number of nitrogens with zero attached hydrogens (tertiary/aromatic N) is 3. The lowest BCUT2D eigenvalue weighted by atomic mass is 10.1. The lowest BCUT2D eigenvalue weighted by molar-refractivity contribution is -0.147. The number of carbonyl (C=O) groups is 2. The largest absolute Gasteiger partial charge is 0.480 e.